The molecule has 3 aliphatic heterocycles. The normalized spacial score (nSPS) is 20.3. The minimum absolute atomic E-state index is 0.493. The summed E-state index contributed by atoms with van der Waals surface area (Å²) < 4.78 is 31.0. The van der Waals surface area contributed by atoms with Gasteiger partial charge in [0, 0.05) is 13.1 Å². The lowest BCUT2D eigenvalue weighted by Gasteiger charge is -2.23. The molecule has 0 N–H and O–H groups in total. The molecule has 4 aromatic rings. The van der Waals surface area contributed by atoms with Gasteiger partial charge in [0.2, 0.25) is 0 Å². The first-order valence-corrected chi connectivity index (χ1v) is 12.0. The zero-order valence-electron chi connectivity index (χ0n) is 19.5. The fourth-order valence-corrected chi connectivity index (χ4v) is 4.49. The standard InChI is InChI=1S/C28H28N2O5/c1-3-7-27-25(5-1)31-15-13-29-17-21-9-11-23(33-21)19-30(20-24-12-10-22(18-29)34-24)14-16-32-26-6-2-4-8-28(26)35-27/h1-12H,13-20H2. The third-order valence-electron chi connectivity index (χ3n) is 6.20. The van der Waals surface area contributed by atoms with Gasteiger partial charge in [0.25, 0.3) is 0 Å². The topological polar surface area (TPSA) is 60.5 Å². The van der Waals surface area contributed by atoms with Crippen molar-refractivity contribution in [2.75, 3.05) is 26.3 Å². The summed E-state index contributed by atoms with van der Waals surface area (Å²) in [6.07, 6.45) is 0. The molecule has 6 bridgehead atoms. The number of hydrogen-bond donors (Lipinski definition) is 0. The Morgan fingerprint density at radius 3 is 1.23 bits per heavy atom. The van der Waals surface area contributed by atoms with Gasteiger partial charge in [0.1, 0.15) is 36.3 Å². The maximum atomic E-state index is 6.26. The van der Waals surface area contributed by atoms with Crippen LogP contribution in [0.2, 0.25) is 0 Å². The lowest BCUT2D eigenvalue weighted by atomic mass is 10.3. The van der Waals surface area contributed by atoms with Crippen molar-refractivity contribution in [3.8, 4) is 23.0 Å². The molecule has 5 heterocycles. The number of nitrogens with zero attached hydrogens (tertiary/aromatic N) is 2. The molecule has 35 heavy (non-hydrogen) atoms. The molecule has 0 unspecified atom stereocenters. The Morgan fingerprint density at radius 1 is 0.457 bits per heavy atom. The SMILES string of the molecule is c1ccc2c(c1)OCCN1Cc3ccc(o3)CN(CCOc3ccccc3O2)Cc2ccc(o2)C1. The van der Waals surface area contributed by atoms with Gasteiger partial charge in [0.15, 0.2) is 23.0 Å². The number of rotatable bonds is 0. The predicted octanol–water partition coefficient (Wildman–Crippen LogP) is 5.45. The van der Waals surface area contributed by atoms with Gasteiger partial charge in [-0.15, -0.1) is 0 Å². The van der Waals surface area contributed by atoms with E-state index in [1.807, 2.05) is 48.5 Å². The predicted molar refractivity (Wildman–Crippen MR) is 130 cm³/mol. The van der Waals surface area contributed by atoms with E-state index in [1.165, 1.54) is 0 Å². The minimum Gasteiger partial charge on any atom is -0.488 e. The molecule has 0 atom stereocenters. The number of hydrogen-bond acceptors (Lipinski definition) is 7. The van der Waals surface area contributed by atoms with Gasteiger partial charge in [-0.1, -0.05) is 24.3 Å². The van der Waals surface area contributed by atoms with Gasteiger partial charge < -0.3 is 23.0 Å². The highest BCUT2D eigenvalue weighted by molar-refractivity contribution is 5.47. The molecule has 0 amide bonds. The molecular weight excluding hydrogens is 444 g/mol. The van der Waals surface area contributed by atoms with E-state index in [-0.39, 0.29) is 0 Å². The maximum Gasteiger partial charge on any atom is 0.169 e. The van der Waals surface area contributed by atoms with Crippen molar-refractivity contribution in [2.45, 2.75) is 26.2 Å². The highest BCUT2D eigenvalue weighted by Gasteiger charge is 2.19. The Bertz CT molecular complexity index is 1140. The van der Waals surface area contributed by atoms with Crippen LogP contribution in [0.25, 0.3) is 0 Å². The Balaban J connectivity index is 1.35. The lowest BCUT2D eigenvalue weighted by molar-refractivity contribution is 0.148. The lowest BCUT2D eigenvalue weighted by Crippen LogP contribution is -2.28. The third kappa shape index (κ3) is 5.21. The molecule has 7 rings (SSSR count). The molecule has 3 aliphatic rings. The molecule has 0 saturated heterocycles. The van der Waals surface area contributed by atoms with Crippen LogP contribution in [0.1, 0.15) is 23.0 Å². The summed E-state index contributed by atoms with van der Waals surface area (Å²) in [5.74, 6) is 6.43. The molecule has 0 saturated carbocycles. The number of fused-ring (bicyclic) bond motifs is 4. The molecule has 7 nitrogen and oxygen atoms in total. The smallest absolute Gasteiger partial charge is 0.169 e. The summed E-state index contributed by atoms with van der Waals surface area (Å²) in [4.78, 5) is 4.56. The van der Waals surface area contributed by atoms with Crippen molar-refractivity contribution in [3.05, 3.63) is 95.8 Å². The quantitative estimate of drug-likeness (QED) is 0.337. The van der Waals surface area contributed by atoms with Crippen LogP contribution < -0.4 is 14.2 Å². The van der Waals surface area contributed by atoms with Crippen molar-refractivity contribution in [2.24, 2.45) is 0 Å². The van der Waals surface area contributed by atoms with E-state index in [1.54, 1.807) is 0 Å². The average Bonchev–Trinajstić information content (AvgIpc) is 3.49. The molecule has 0 fully saturated rings. The highest BCUT2D eigenvalue weighted by Crippen LogP contribution is 2.36. The Hall–Kier alpha value is -3.68. The third-order valence-corrected chi connectivity index (χ3v) is 6.20. The summed E-state index contributed by atoms with van der Waals surface area (Å²) in [6.45, 7) is 5.09. The second kappa shape index (κ2) is 9.90. The van der Waals surface area contributed by atoms with Crippen LogP contribution in [-0.4, -0.2) is 36.1 Å². The van der Waals surface area contributed by atoms with Crippen LogP contribution in [0, 0.1) is 0 Å². The van der Waals surface area contributed by atoms with Gasteiger partial charge >= 0.3 is 0 Å². The van der Waals surface area contributed by atoms with E-state index < -0.39 is 0 Å². The van der Waals surface area contributed by atoms with Crippen molar-refractivity contribution >= 4 is 0 Å². The van der Waals surface area contributed by atoms with E-state index in [0.29, 0.717) is 75.5 Å². The minimum atomic E-state index is 0.493. The summed E-state index contributed by atoms with van der Waals surface area (Å²) in [5.41, 5.74) is 0. The Morgan fingerprint density at radius 2 is 0.829 bits per heavy atom. The summed E-state index contributed by atoms with van der Waals surface area (Å²) in [5, 5.41) is 0. The van der Waals surface area contributed by atoms with E-state index in [9.17, 15) is 0 Å². The van der Waals surface area contributed by atoms with Gasteiger partial charge in [-0.25, -0.2) is 0 Å². The summed E-state index contributed by atoms with van der Waals surface area (Å²) >= 11 is 0. The zero-order chi connectivity index (χ0) is 23.5. The van der Waals surface area contributed by atoms with Crippen LogP contribution in [0.5, 0.6) is 23.0 Å². The van der Waals surface area contributed by atoms with Gasteiger partial charge in [-0.05, 0) is 48.5 Å². The molecular formula is C28H28N2O5. The van der Waals surface area contributed by atoms with Crippen LogP contribution >= 0.6 is 0 Å². The zero-order valence-corrected chi connectivity index (χ0v) is 19.5. The van der Waals surface area contributed by atoms with E-state index in [2.05, 4.69) is 34.1 Å². The van der Waals surface area contributed by atoms with E-state index in [4.69, 9.17) is 23.0 Å². The van der Waals surface area contributed by atoms with Crippen LogP contribution in [-0.2, 0) is 26.2 Å². The maximum absolute atomic E-state index is 6.26. The highest BCUT2D eigenvalue weighted by atomic mass is 16.5. The first-order chi connectivity index (χ1) is 17.3. The second-order valence-corrected chi connectivity index (χ2v) is 8.85. The Kier molecular flexibility index (Phi) is 6.17. The fraction of sp³-hybridized carbons (Fsp3) is 0.286. The van der Waals surface area contributed by atoms with Gasteiger partial charge in [0.05, 0.1) is 26.2 Å². The van der Waals surface area contributed by atoms with E-state index in [0.717, 1.165) is 23.0 Å². The molecule has 0 spiro atoms. The molecule has 180 valence electrons. The van der Waals surface area contributed by atoms with Crippen LogP contribution in [0.4, 0.5) is 0 Å². The van der Waals surface area contributed by atoms with Gasteiger partial charge in [-0.3, -0.25) is 9.80 Å². The van der Waals surface area contributed by atoms with E-state index >= 15 is 0 Å². The molecule has 0 radical (unpaired) electrons. The van der Waals surface area contributed by atoms with Crippen molar-refractivity contribution < 1.29 is 23.0 Å². The average molecular weight is 473 g/mol. The number of ether oxygens (including phenoxy) is 3. The van der Waals surface area contributed by atoms with Crippen molar-refractivity contribution in [1.82, 2.24) is 9.80 Å². The van der Waals surface area contributed by atoms with Crippen molar-refractivity contribution in [1.29, 1.82) is 0 Å². The van der Waals surface area contributed by atoms with Crippen LogP contribution in [0.3, 0.4) is 0 Å². The molecule has 0 aliphatic carbocycles. The first-order valence-electron chi connectivity index (χ1n) is 12.0. The Labute approximate surface area is 204 Å². The first kappa shape index (κ1) is 21.8. The fourth-order valence-electron chi connectivity index (χ4n) is 4.49. The molecule has 2 aromatic carbocycles. The second-order valence-electron chi connectivity index (χ2n) is 8.85. The molecule has 2 aromatic heterocycles. The summed E-state index contributed by atoms with van der Waals surface area (Å²) in [6, 6.07) is 23.7. The summed E-state index contributed by atoms with van der Waals surface area (Å²) in [7, 11) is 0. The number of furan rings is 2. The monoisotopic (exact) mass is 472 g/mol. The number of para-hydroxylation sites is 4. The number of benzene rings is 2. The largest absolute Gasteiger partial charge is 0.488 e. The van der Waals surface area contributed by atoms with Gasteiger partial charge in [-0.2, -0.15) is 0 Å². The van der Waals surface area contributed by atoms with Crippen molar-refractivity contribution in [3.63, 3.8) is 0 Å². The van der Waals surface area contributed by atoms with Crippen LogP contribution in [0.15, 0.2) is 81.6 Å². The molecule has 7 heteroatoms.